The smallest absolute Gasteiger partial charge is 0.242 e. The molecule has 1 aromatic heterocycles. The summed E-state index contributed by atoms with van der Waals surface area (Å²) < 4.78 is 26.8. The van der Waals surface area contributed by atoms with Gasteiger partial charge < -0.3 is 0 Å². The van der Waals surface area contributed by atoms with Crippen LogP contribution in [0.25, 0.3) is 11.1 Å². The Morgan fingerprint density at radius 2 is 1.66 bits per heavy atom. The van der Waals surface area contributed by atoms with Gasteiger partial charge in [0.05, 0.1) is 6.54 Å². The number of nitrogens with zero attached hydrogens (tertiary/aromatic N) is 4. The van der Waals surface area contributed by atoms with Crippen molar-refractivity contribution in [1.29, 1.82) is 0 Å². The molecule has 1 aliphatic heterocycles. The van der Waals surface area contributed by atoms with Crippen LogP contribution in [0, 0.1) is 11.6 Å². The molecule has 0 unspecified atom stereocenters. The summed E-state index contributed by atoms with van der Waals surface area (Å²) in [5.41, 5.74) is 2.23. The molecule has 1 aliphatic rings. The van der Waals surface area contributed by atoms with Gasteiger partial charge in [0.25, 0.3) is 0 Å². The molecule has 29 heavy (non-hydrogen) atoms. The third kappa shape index (κ3) is 4.58. The van der Waals surface area contributed by atoms with Crippen LogP contribution in [0.5, 0.6) is 0 Å². The molecule has 0 saturated carbocycles. The number of rotatable bonds is 4. The van der Waals surface area contributed by atoms with E-state index in [4.69, 9.17) is 11.6 Å². The lowest BCUT2D eigenvalue weighted by Gasteiger charge is -2.33. The normalized spacial score (nSPS) is 15.0. The van der Waals surface area contributed by atoms with Crippen LogP contribution in [0.3, 0.4) is 0 Å². The van der Waals surface area contributed by atoms with Crippen LogP contribution in [0.2, 0.25) is 5.15 Å². The summed E-state index contributed by atoms with van der Waals surface area (Å²) in [5, 5.41) is 0.295. The van der Waals surface area contributed by atoms with Gasteiger partial charge in [-0.15, -0.1) is 0 Å². The molecule has 0 bridgehead atoms. The number of amides is 1. The van der Waals surface area contributed by atoms with Crippen molar-refractivity contribution in [2.24, 2.45) is 0 Å². The maximum atomic E-state index is 13.4. The second kappa shape index (κ2) is 8.23. The first-order valence-corrected chi connectivity index (χ1v) is 9.41. The Hall–Kier alpha value is -2.90. The zero-order chi connectivity index (χ0) is 20.4. The van der Waals surface area contributed by atoms with Crippen LogP contribution in [0.1, 0.15) is 5.56 Å². The number of benzene rings is 2. The minimum atomic E-state index is -0.606. The molecule has 0 spiro atoms. The van der Waals surface area contributed by atoms with E-state index in [1.807, 2.05) is 29.2 Å². The number of carbonyl (C=O) groups is 1. The number of halogens is 3. The average molecular weight is 415 g/mol. The first-order chi connectivity index (χ1) is 14.0. The van der Waals surface area contributed by atoms with Crippen LogP contribution in [0.4, 0.5) is 14.6 Å². The second-order valence-corrected chi connectivity index (χ2v) is 7.20. The zero-order valence-corrected chi connectivity index (χ0v) is 16.1. The minimum Gasteiger partial charge on any atom is -0.294 e. The fourth-order valence-corrected chi connectivity index (χ4v) is 3.49. The maximum Gasteiger partial charge on any atom is 0.242 e. The van der Waals surface area contributed by atoms with Gasteiger partial charge in [0.15, 0.2) is 0 Å². The van der Waals surface area contributed by atoms with Crippen LogP contribution >= 0.6 is 11.6 Å². The van der Waals surface area contributed by atoms with E-state index >= 15 is 0 Å². The Morgan fingerprint density at radius 1 is 0.931 bits per heavy atom. The van der Waals surface area contributed by atoms with Crippen LogP contribution in [0.15, 0.2) is 54.9 Å². The summed E-state index contributed by atoms with van der Waals surface area (Å²) in [5.74, 6) is -0.768. The summed E-state index contributed by atoms with van der Waals surface area (Å²) in [4.78, 5) is 24.1. The summed E-state index contributed by atoms with van der Waals surface area (Å²) in [6.45, 7) is 2.05. The molecule has 2 aromatic carbocycles. The lowest BCUT2D eigenvalue weighted by atomic mass is 10.0. The van der Waals surface area contributed by atoms with E-state index in [2.05, 4.69) is 9.97 Å². The van der Waals surface area contributed by atoms with E-state index in [0.717, 1.165) is 17.2 Å². The number of anilines is 1. The van der Waals surface area contributed by atoms with E-state index < -0.39 is 11.6 Å². The zero-order valence-electron chi connectivity index (χ0n) is 15.4. The Kier molecular flexibility index (Phi) is 5.51. The molecular formula is C21H17ClF2N4O. The molecule has 2 heterocycles. The third-order valence-electron chi connectivity index (χ3n) is 4.75. The lowest BCUT2D eigenvalue weighted by molar-refractivity contribution is -0.121. The van der Waals surface area contributed by atoms with Crippen molar-refractivity contribution < 1.29 is 13.6 Å². The molecule has 0 radical (unpaired) electrons. The lowest BCUT2D eigenvalue weighted by Crippen LogP contribution is -2.50. The third-order valence-corrected chi connectivity index (χ3v) is 4.96. The van der Waals surface area contributed by atoms with Crippen molar-refractivity contribution in [1.82, 2.24) is 14.9 Å². The predicted octanol–water partition coefficient (Wildman–Crippen LogP) is 3.92. The molecule has 5 nitrogen and oxygen atoms in total. The van der Waals surface area contributed by atoms with E-state index in [-0.39, 0.29) is 12.5 Å². The Bertz CT molecular complexity index is 1020. The van der Waals surface area contributed by atoms with E-state index in [1.165, 1.54) is 18.5 Å². The quantitative estimate of drug-likeness (QED) is 0.607. The van der Waals surface area contributed by atoms with Gasteiger partial charge >= 0.3 is 0 Å². The highest BCUT2D eigenvalue weighted by Gasteiger charge is 2.26. The highest BCUT2D eigenvalue weighted by atomic mass is 35.5. The summed E-state index contributed by atoms with van der Waals surface area (Å²) in [6, 6.07) is 12.5. The van der Waals surface area contributed by atoms with Crippen molar-refractivity contribution in [2.75, 3.05) is 24.5 Å². The van der Waals surface area contributed by atoms with Crippen molar-refractivity contribution in [3.8, 4) is 11.1 Å². The number of aromatic nitrogens is 2. The molecule has 0 atom stereocenters. The van der Waals surface area contributed by atoms with Gasteiger partial charge in [0.1, 0.15) is 28.9 Å². The van der Waals surface area contributed by atoms with E-state index in [0.29, 0.717) is 36.2 Å². The van der Waals surface area contributed by atoms with Crippen molar-refractivity contribution in [3.05, 3.63) is 77.2 Å². The largest absolute Gasteiger partial charge is 0.294 e. The monoisotopic (exact) mass is 414 g/mol. The molecule has 1 saturated heterocycles. The molecule has 3 aromatic rings. The molecule has 4 rings (SSSR count). The maximum absolute atomic E-state index is 13.4. The van der Waals surface area contributed by atoms with Crippen molar-refractivity contribution in [3.63, 3.8) is 0 Å². The van der Waals surface area contributed by atoms with Gasteiger partial charge in [0, 0.05) is 31.8 Å². The molecule has 1 fully saturated rings. The standard InChI is InChI=1S/C21H17ClF2N4O/c22-19-10-20(26-13-25-19)28-6-5-27(12-21(28)29)11-14-1-3-15(4-2-14)16-7-17(23)9-18(24)8-16/h1-4,7-10,13H,5-6,11-12H2. The van der Waals surface area contributed by atoms with Crippen molar-refractivity contribution >= 4 is 23.3 Å². The van der Waals surface area contributed by atoms with Crippen LogP contribution in [-0.4, -0.2) is 40.4 Å². The van der Waals surface area contributed by atoms with Gasteiger partial charge in [-0.05, 0) is 28.8 Å². The van der Waals surface area contributed by atoms with E-state index in [1.54, 1.807) is 11.0 Å². The summed E-state index contributed by atoms with van der Waals surface area (Å²) >= 11 is 5.88. The van der Waals surface area contributed by atoms with Gasteiger partial charge in [0.2, 0.25) is 5.91 Å². The van der Waals surface area contributed by atoms with Gasteiger partial charge in [-0.3, -0.25) is 14.6 Å². The first-order valence-electron chi connectivity index (χ1n) is 9.03. The van der Waals surface area contributed by atoms with Crippen LogP contribution < -0.4 is 4.90 Å². The Balaban J connectivity index is 1.41. The second-order valence-electron chi connectivity index (χ2n) is 6.81. The Labute approximate surface area is 171 Å². The summed E-state index contributed by atoms with van der Waals surface area (Å²) in [6.07, 6.45) is 1.34. The topological polar surface area (TPSA) is 49.3 Å². The molecule has 0 N–H and O–H groups in total. The molecule has 1 amide bonds. The first kappa shape index (κ1) is 19.4. The molecular weight excluding hydrogens is 398 g/mol. The fraction of sp³-hybridized carbons (Fsp3) is 0.190. The predicted molar refractivity (Wildman–Crippen MR) is 106 cm³/mol. The highest BCUT2D eigenvalue weighted by molar-refractivity contribution is 6.29. The fourth-order valence-electron chi connectivity index (χ4n) is 3.35. The molecule has 148 valence electrons. The minimum absolute atomic E-state index is 0.0575. The SMILES string of the molecule is O=C1CN(Cc2ccc(-c3cc(F)cc(F)c3)cc2)CCN1c1cc(Cl)ncn1. The van der Waals surface area contributed by atoms with Crippen molar-refractivity contribution in [2.45, 2.75) is 6.54 Å². The number of carbonyl (C=O) groups excluding carboxylic acids is 1. The highest BCUT2D eigenvalue weighted by Crippen LogP contribution is 2.23. The average Bonchev–Trinajstić information content (AvgIpc) is 2.68. The summed E-state index contributed by atoms with van der Waals surface area (Å²) in [7, 11) is 0. The number of hydrogen-bond acceptors (Lipinski definition) is 4. The Morgan fingerprint density at radius 3 is 2.31 bits per heavy atom. The van der Waals surface area contributed by atoms with Gasteiger partial charge in [-0.1, -0.05) is 35.9 Å². The van der Waals surface area contributed by atoms with E-state index in [9.17, 15) is 13.6 Å². The van der Waals surface area contributed by atoms with Gasteiger partial charge in [-0.25, -0.2) is 18.7 Å². The van der Waals surface area contributed by atoms with Gasteiger partial charge in [-0.2, -0.15) is 0 Å². The number of hydrogen-bond donors (Lipinski definition) is 0. The van der Waals surface area contributed by atoms with Crippen LogP contribution in [-0.2, 0) is 11.3 Å². The molecule has 0 aliphatic carbocycles. The molecule has 8 heteroatoms. The number of piperazine rings is 1.